The van der Waals surface area contributed by atoms with Crippen LogP contribution in [0.25, 0.3) is 4.96 Å². The molecular weight excluding hydrogens is 262 g/mol. The highest BCUT2D eigenvalue weighted by Crippen LogP contribution is 2.19. The van der Waals surface area contributed by atoms with Crippen molar-refractivity contribution in [3.63, 3.8) is 0 Å². The summed E-state index contributed by atoms with van der Waals surface area (Å²) in [5, 5.41) is 13.0. The standard InChI is InChI=1S/C12H19N5OS/c1-5-6-7-16(4)11(18)10-15-17-9(8(2)3)13-14-12(17)19-10/h8H,5-7H2,1-4H3. The van der Waals surface area contributed by atoms with Crippen molar-refractivity contribution in [2.45, 2.75) is 39.5 Å². The van der Waals surface area contributed by atoms with Crippen molar-refractivity contribution in [1.29, 1.82) is 0 Å². The minimum Gasteiger partial charge on any atom is -0.340 e. The van der Waals surface area contributed by atoms with Gasteiger partial charge in [0.1, 0.15) is 0 Å². The van der Waals surface area contributed by atoms with Gasteiger partial charge in [0.05, 0.1) is 0 Å². The minimum absolute atomic E-state index is 0.0429. The van der Waals surface area contributed by atoms with E-state index >= 15 is 0 Å². The van der Waals surface area contributed by atoms with Gasteiger partial charge in [-0.05, 0) is 6.42 Å². The van der Waals surface area contributed by atoms with Crippen LogP contribution >= 0.6 is 11.3 Å². The van der Waals surface area contributed by atoms with Crippen molar-refractivity contribution < 1.29 is 4.79 Å². The van der Waals surface area contributed by atoms with E-state index in [1.54, 1.807) is 9.42 Å². The number of carbonyl (C=O) groups is 1. The molecule has 0 radical (unpaired) electrons. The van der Waals surface area contributed by atoms with Gasteiger partial charge < -0.3 is 4.90 Å². The average Bonchev–Trinajstić information content (AvgIpc) is 2.93. The fourth-order valence-corrected chi connectivity index (χ4v) is 2.58. The molecule has 7 heteroatoms. The molecule has 2 aromatic rings. The lowest BCUT2D eigenvalue weighted by Crippen LogP contribution is -2.27. The van der Waals surface area contributed by atoms with Gasteiger partial charge in [-0.25, -0.2) is 0 Å². The summed E-state index contributed by atoms with van der Waals surface area (Å²) in [6.45, 7) is 6.93. The van der Waals surface area contributed by atoms with Crippen LogP contribution < -0.4 is 0 Å². The number of hydrogen-bond acceptors (Lipinski definition) is 5. The van der Waals surface area contributed by atoms with Gasteiger partial charge in [0.2, 0.25) is 9.97 Å². The molecular formula is C12H19N5OS. The van der Waals surface area contributed by atoms with Crippen LogP contribution in [0, 0.1) is 0 Å². The summed E-state index contributed by atoms with van der Waals surface area (Å²) in [5.41, 5.74) is 0. The molecule has 2 heterocycles. The van der Waals surface area contributed by atoms with Gasteiger partial charge in [-0.2, -0.15) is 4.52 Å². The molecule has 0 aliphatic rings. The van der Waals surface area contributed by atoms with Crippen LogP contribution in [-0.2, 0) is 0 Å². The highest BCUT2D eigenvalue weighted by molar-refractivity contribution is 7.18. The molecule has 19 heavy (non-hydrogen) atoms. The number of fused-ring (bicyclic) bond motifs is 1. The molecule has 104 valence electrons. The van der Waals surface area contributed by atoms with Crippen LogP contribution in [0.4, 0.5) is 0 Å². The lowest BCUT2D eigenvalue weighted by Gasteiger charge is -2.14. The van der Waals surface area contributed by atoms with E-state index in [-0.39, 0.29) is 11.8 Å². The zero-order valence-corrected chi connectivity index (χ0v) is 12.6. The van der Waals surface area contributed by atoms with Gasteiger partial charge in [0, 0.05) is 19.5 Å². The maximum Gasteiger partial charge on any atom is 0.284 e. The van der Waals surface area contributed by atoms with Crippen molar-refractivity contribution in [1.82, 2.24) is 24.7 Å². The molecule has 1 amide bonds. The molecule has 6 nitrogen and oxygen atoms in total. The first kappa shape index (κ1) is 13.9. The lowest BCUT2D eigenvalue weighted by molar-refractivity contribution is 0.0791. The highest BCUT2D eigenvalue weighted by Gasteiger charge is 2.20. The Morgan fingerprint density at radius 1 is 1.42 bits per heavy atom. The Labute approximate surface area is 116 Å². The van der Waals surface area contributed by atoms with Crippen LogP contribution in [-0.4, -0.2) is 44.2 Å². The monoisotopic (exact) mass is 281 g/mol. The minimum atomic E-state index is -0.0429. The number of rotatable bonds is 5. The van der Waals surface area contributed by atoms with Crippen molar-refractivity contribution in [3.05, 3.63) is 10.8 Å². The summed E-state index contributed by atoms with van der Waals surface area (Å²) in [7, 11) is 1.81. The Morgan fingerprint density at radius 2 is 2.16 bits per heavy atom. The summed E-state index contributed by atoms with van der Waals surface area (Å²) >= 11 is 1.29. The maximum absolute atomic E-state index is 12.2. The molecule has 2 aromatic heterocycles. The number of hydrogen-bond donors (Lipinski definition) is 0. The van der Waals surface area contributed by atoms with Gasteiger partial charge >= 0.3 is 0 Å². The molecule has 0 aliphatic heterocycles. The SMILES string of the molecule is CCCCN(C)C(=O)c1nn2c(C(C)C)nnc2s1. The molecule has 2 rings (SSSR count). The van der Waals surface area contributed by atoms with E-state index in [1.807, 2.05) is 20.9 Å². The second-order valence-electron chi connectivity index (χ2n) is 4.89. The highest BCUT2D eigenvalue weighted by atomic mass is 32.1. The Morgan fingerprint density at radius 3 is 2.79 bits per heavy atom. The summed E-state index contributed by atoms with van der Waals surface area (Å²) < 4.78 is 1.68. The Kier molecular flexibility index (Phi) is 4.14. The van der Waals surface area contributed by atoms with Gasteiger partial charge in [0.25, 0.3) is 5.91 Å². The van der Waals surface area contributed by atoms with Crippen LogP contribution in [0.3, 0.4) is 0 Å². The molecule has 0 fully saturated rings. The molecule has 0 aromatic carbocycles. The first-order chi connectivity index (χ1) is 9.04. The number of carbonyl (C=O) groups excluding carboxylic acids is 1. The van der Waals surface area contributed by atoms with Crippen LogP contribution in [0.1, 0.15) is 55.2 Å². The second-order valence-corrected chi connectivity index (χ2v) is 5.85. The summed E-state index contributed by atoms with van der Waals surface area (Å²) in [4.78, 5) is 14.6. The van der Waals surface area contributed by atoms with Crippen LogP contribution in [0.2, 0.25) is 0 Å². The van der Waals surface area contributed by atoms with E-state index in [0.29, 0.717) is 9.97 Å². The second kappa shape index (κ2) is 5.64. The molecule has 0 bridgehead atoms. The molecule has 0 spiro atoms. The van der Waals surface area contributed by atoms with E-state index < -0.39 is 0 Å². The van der Waals surface area contributed by atoms with E-state index in [4.69, 9.17) is 0 Å². The Bertz CT molecular complexity index is 574. The largest absolute Gasteiger partial charge is 0.340 e. The van der Waals surface area contributed by atoms with Gasteiger partial charge in [-0.15, -0.1) is 15.3 Å². The smallest absolute Gasteiger partial charge is 0.284 e. The fourth-order valence-electron chi connectivity index (χ4n) is 1.74. The number of unbranched alkanes of at least 4 members (excludes halogenated alkanes) is 1. The quantitative estimate of drug-likeness (QED) is 0.842. The molecule has 0 aliphatic carbocycles. The van der Waals surface area contributed by atoms with Gasteiger partial charge in [0.15, 0.2) is 5.82 Å². The van der Waals surface area contributed by atoms with Crippen molar-refractivity contribution in [2.75, 3.05) is 13.6 Å². The zero-order valence-electron chi connectivity index (χ0n) is 11.8. The fraction of sp³-hybridized carbons (Fsp3) is 0.667. The third-order valence-corrected chi connectivity index (χ3v) is 3.79. The third-order valence-electron chi connectivity index (χ3n) is 2.91. The summed E-state index contributed by atoms with van der Waals surface area (Å²) in [5.74, 6) is 0.984. The van der Waals surface area contributed by atoms with Crippen molar-refractivity contribution in [2.24, 2.45) is 0 Å². The topological polar surface area (TPSA) is 63.4 Å². The maximum atomic E-state index is 12.2. The molecule has 0 N–H and O–H groups in total. The predicted molar refractivity (Wildman–Crippen MR) is 74.6 cm³/mol. The third kappa shape index (κ3) is 2.75. The summed E-state index contributed by atoms with van der Waals surface area (Å²) in [6, 6.07) is 0. The van der Waals surface area contributed by atoms with Gasteiger partial charge in [-0.3, -0.25) is 4.79 Å². The van der Waals surface area contributed by atoms with Gasteiger partial charge in [-0.1, -0.05) is 38.5 Å². The number of nitrogens with zero attached hydrogens (tertiary/aromatic N) is 5. The molecule has 0 atom stereocenters. The van der Waals surface area contributed by atoms with Crippen LogP contribution in [0.15, 0.2) is 0 Å². The van der Waals surface area contributed by atoms with Crippen molar-refractivity contribution in [3.8, 4) is 0 Å². The van der Waals surface area contributed by atoms with E-state index in [2.05, 4.69) is 22.2 Å². The molecule has 0 unspecified atom stereocenters. The number of amides is 1. The zero-order chi connectivity index (χ0) is 14.0. The lowest BCUT2D eigenvalue weighted by atomic mass is 10.2. The molecule has 0 saturated carbocycles. The predicted octanol–water partition coefficient (Wildman–Crippen LogP) is 2.18. The Balaban J connectivity index is 2.23. The van der Waals surface area contributed by atoms with Crippen molar-refractivity contribution >= 4 is 22.2 Å². The molecule has 0 saturated heterocycles. The average molecular weight is 281 g/mol. The Hall–Kier alpha value is -1.50. The number of aromatic nitrogens is 4. The normalized spacial score (nSPS) is 11.4. The van der Waals surface area contributed by atoms with E-state index in [0.717, 1.165) is 25.2 Å². The first-order valence-electron chi connectivity index (χ1n) is 6.52. The summed E-state index contributed by atoms with van der Waals surface area (Å²) in [6.07, 6.45) is 2.07. The van der Waals surface area contributed by atoms with E-state index in [9.17, 15) is 4.79 Å². The first-order valence-corrected chi connectivity index (χ1v) is 7.33. The van der Waals surface area contributed by atoms with Crippen LogP contribution in [0.5, 0.6) is 0 Å². The van der Waals surface area contributed by atoms with E-state index in [1.165, 1.54) is 11.3 Å².